The normalized spacial score (nSPS) is 29.0. The van der Waals surface area contributed by atoms with Crippen molar-refractivity contribution in [1.29, 1.82) is 0 Å². The summed E-state index contributed by atoms with van der Waals surface area (Å²) in [6, 6.07) is 0.387. The Morgan fingerprint density at radius 2 is 2.29 bits per heavy atom. The first-order valence-electron chi connectivity index (χ1n) is 6.59. The minimum atomic E-state index is 0.352. The number of nitrogens with one attached hydrogen (secondary N) is 1. The predicted octanol–water partition coefficient (Wildman–Crippen LogP) is 1.19. The zero-order chi connectivity index (χ0) is 11.7. The van der Waals surface area contributed by atoms with Crippen LogP contribution in [0.2, 0.25) is 0 Å². The van der Waals surface area contributed by atoms with E-state index in [0.717, 1.165) is 37.8 Å². The molecule has 3 heterocycles. The van der Waals surface area contributed by atoms with Crippen molar-refractivity contribution in [3.63, 3.8) is 0 Å². The second-order valence-corrected chi connectivity index (χ2v) is 5.00. The van der Waals surface area contributed by atoms with Crippen LogP contribution < -0.4 is 5.32 Å². The maximum Gasteiger partial charge on any atom is 0.150 e. The first-order chi connectivity index (χ1) is 8.34. The highest BCUT2D eigenvalue weighted by atomic mass is 16.5. The molecule has 17 heavy (non-hydrogen) atoms. The van der Waals surface area contributed by atoms with Gasteiger partial charge in [0, 0.05) is 6.61 Å². The minimum Gasteiger partial charge on any atom is -0.376 e. The summed E-state index contributed by atoms with van der Waals surface area (Å²) in [6.45, 7) is 4.94. The highest BCUT2D eigenvalue weighted by Gasteiger charge is 2.25. The largest absolute Gasteiger partial charge is 0.376 e. The van der Waals surface area contributed by atoms with Gasteiger partial charge in [0.15, 0.2) is 0 Å². The smallest absolute Gasteiger partial charge is 0.150 e. The van der Waals surface area contributed by atoms with Gasteiger partial charge in [-0.05, 0) is 39.2 Å². The van der Waals surface area contributed by atoms with E-state index in [1.165, 1.54) is 19.3 Å². The lowest BCUT2D eigenvalue weighted by atomic mass is 10.2. The number of aryl methyl sites for hydroxylation is 1. The van der Waals surface area contributed by atoms with Crippen LogP contribution in [0.3, 0.4) is 0 Å². The summed E-state index contributed by atoms with van der Waals surface area (Å²) in [6.07, 6.45) is 5.10. The Hall–Kier alpha value is -0.940. The Labute approximate surface area is 102 Å². The molecule has 1 aromatic heterocycles. The van der Waals surface area contributed by atoms with Gasteiger partial charge in [-0.25, -0.2) is 0 Å². The molecule has 2 aliphatic rings. The molecule has 2 saturated heterocycles. The molecule has 0 bridgehead atoms. The quantitative estimate of drug-likeness (QED) is 0.856. The number of aromatic nitrogens is 3. The zero-order valence-corrected chi connectivity index (χ0v) is 10.4. The lowest BCUT2D eigenvalue weighted by Crippen LogP contribution is -2.23. The molecule has 5 nitrogen and oxygen atoms in total. The first kappa shape index (κ1) is 11.2. The third-order valence-corrected chi connectivity index (χ3v) is 3.75. The number of hydrogen-bond acceptors (Lipinski definition) is 4. The van der Waals surface area contributed by atoms with Crippen LogP contribution in [-0.4, -0.2) is 34.0 Å². The van der Waals surface area contributed by atoms with Gasteiger partial charge >= 0.3 is 0 Å². The SMILES string of the molecule is Cc1nnc(C2CCCN2)n1CC1CCCO1. The number of rotatable bonds is 3. The maximum atomic E-state index is 5.70. The van der Waals surface area contributed by atoms with Crippen molar-refractivity contribution < 1.29 is 4.74 Å². The molecule has 2 atom stereocenters. The Bertz CT molecular complexity index is 378. The van der Waals surface area contributed by atoms with Gasteiger partial charge in [-0.2, -0.15) is 0 Å². The molecule has 5 heteroatoms. The third kappa shape index (κ3) is 2.21. The molecular formula is C12H20N4O. The standard InChI is InChI=1S/C12H20N4O/c1-9-14-15-12(11-5-2-6-13-11)16(9)8-10-4-3-7-17-10/h10-11,13H,2-8H2,1H3. The van der Waals surface area contributed by atoms with Gasteiger partial charge in [-0.1, -0.05) is 0 Å². The first-order valence-corrected chi connectivity index (χ1v) is 6.59. The van der Waals surface area contributed by atoms with E-state index < -0.39 is 0 Å². The van der Waals surface area contributed by atoms with E-state index in [-0.39, 0.29) is 0 Å². The molecule has 1 N–H and O–H groups in total. The van der Waals surface area contributed by atoms with Crippen molar-refractivity contribution >= 4 is 0 Å². The molecule has 0 radical (unpaired) electrons. The van der Waals surface area contributed by atoms with E-state index in [1.807, 2.05) is 6.92 Å². The molecule has 2 fully saturated rings. The summed E-state index contributed by atoms with van der Waals surface area (Å²) >= 11 is 0. The van der Waals surface area contributed by atoms with Crippen LogP contribution in [-0.2, 0) is 11.3 Å². The van der Waals surface area contributed by atoms with Crippen LogP contribution in [0.5, 0.6) is 0 Å². The van der Waals surface area contributed by atoms with Crippen molar-refractivity contribution in [2.24, 2.45) is 0 Å². The van der Waals surface area contributed by atoms with Crippen LogP contribution >= 0.6 is 0 Å². The summed E-state index contributed by atoms with van der Waals surface area (Å²) in [4.78, 5) is 0. The summed E-state index contributed by atoms with van der Waals surface area (Å²) in [5.41, 5.74) is 0. The van der Waals surface area contributed by atoms with E-state index in [4.69, 9.17) is 4.74 Å². The Morgan fingerprint density at radius 1 is 1.35 bits per heavy atom. The summed E-state index contributed by atoms with van der Waals surface area (Å²) in [5, 5.41) is 12.0. The zero-order valence-electron chi connectivity index (χ0n) is 10.4. The number of nitrogens with zero attached hydrogens (tertiary/aromatic N) is 3. The predicted molar refractivity (Wildman–Crippen MR) is 63.7 cm³/mol. The second kappa shape index (κ2) is 4.74. The highest BCUT2D eigenvalue weighted by molar-refractivity contribution is 5.02. The molecule has 2 unspecified atom stereocenters. The van der Waals surface area contributed by atoms with Gasteiger partial charge in [0.2, 0.25) is 0 Å². The second-order valence-electron chi connectivity index (χ2n) is 5.00. The van der Waals surface area contributed by atoms with Crippen molar-refractivity contribution in [2.75, 3.05) is 13.2 Å². The van der Waals surface area contributed by atoms with E-state index in [0.29, 0.717) is 12.1 Å². The molecule has 0 amide bonds. The van der Waals surface area contributed by atoms with Gasteiger partial charge < -0.3 is 14.6 Å². The summed E-state index contributed by atoms with van der Waals surface area (Å²) in [7, 11) is 0. The van der Waals surface area contributed by atoms with Crippen molar-refractivity contribution in [1.82, 2.24) is 20.1 Å². The maximum absolute atomic E-state index is 5.70. The molecule has 1 aromatic rings. The topological polar surface area (TPSA) is 52.0 Å². The van der Waals surface area contributed by atoms with Crippen molar-refractivity contribution in [3.8, 4) is 0 Å². The van der Waals surface area contributed by atoms with Gasteiger partial charge in [-0.15, -0.1) is 10.2 Å². The van der Waals surface area contributed by atoms with Crippen LogP contribution in [0.1, 0.15) is 43.4 Å². The monoisotopic (exact) mass is 236 g/mol. The average Bonchev–Trinajstić information content (AvgIpc) is 3.03. The molecule has 0 saturated carbocycles. The molecule has 94 valence electrons. The number of hydrogen-bond donors (Lipinski definition) is 1. The van der Waals surface area contributed by atoms with Crippen LogP contribution in [0.15, 0.2) is 0 Å². The van der Waals surface area contributed by atoms with E-state index in [2.05, 4.69) is 20.1 Å². The van der Waals surface area contributed by atoms with Crippen molar-refractivity contribution in [2.45, 2.75) is 51.3 Å². The fourth-order valence-corrected chi connectivity index (χ4v) is 2.78. The fourth-order valence-electron chi connectivity index (χ4n) is 2.78. The Morgan fingerprint density at radius 3 is 3.00 bits per heavy atom. The minimum absolute atomic E-state index is 0.352. The van der Waals surface area contributed by atoms with Crippen LogP contribution in [0, 0.1) is 6.92 Å². The van der Waals surface area contributed by atoms with E-state index >= 15 is 0 Å². The Kier molecular flexibility index (Phi) is 3.11. The molecule has 0 aromatic carbocycles. The van der Waals surface area contributed by atoms with E-state index in [1.54, 1.807) is 0 Å². The molecule has 0 aliphatic carbocycles. The molecule has 0 spiro atoms. The lowest BCUT2D eigenvalue weighted by molar-refractivity contribution is 0.0953. The Balaban J connectivity index is 1.78. The lowest BCUT2D eigenvalue weighted by Gasteiger charge is -2.16. The van der Waals surface area contributed by atoms with Gasteiger partial charge in [0.05, 0.1) is 18.7 Å². The highest BCUT2D eigenvalue weighted by Crippen LogP contribution is 2.23. The average molecular weight is 236 g/mol. The van der Waals surface area contributed by atoms with Crippen LogP contribution in [0.25, 0.3) is 0 Å². The van der Waals surface area contributed by atoms with E-state index in [9.17, 15) is 0 Å². The molecule has 3 rings (SSSR count). The van der Waals surface area contributed by atoms with Gasteiger partial charge in [0.25, 0.3) is 0 Å². The van der Waals surface area contributed by atoms with Crippen LogP contribution in [0.4, 0.5) is 0 Å². The molecular weight excluding hydrogens is 216 g/mol. The summed E-state index contributed by atoms with van der Waals surface area (Å²) < 4.78 is 7.94. The van der Waals surface area contributed by atoms with Gasteiger partial charge in [0.1, 0.15) is 11.6 Å². The summed E-state index contributed by atoms with van der Waals surface area (Å²) in [5.74, 6) is 2.10. The molecule has 2 aliphatic heterocycles. The fraction of sp³-hybridized carbons (Fsp3) is 0.833. The van der Waals surface area contributed by atoms with Crippen molar-refractivity contribution in [3.05, 3.63) is 11.6 Å². The van der Waals surface area contributed by atoms with Gasteiger partial charge in [-0.3, -0.25) is 0 Å². The number of ether oxygens (including phenoxy) is 1. The third-order valence-electron chi connectivity index (χ3n) is 3.75.